The lowest BCUT2D eigenvalue weighted by Crippen LogP contribution is -2.18. The molecule has 0 atom stereocenters. The highest BCUT2D eigenvalue weighted by molar-refractivity contribution is 5.64. The van der Waals surface area contributed by atoms with Gasteiger partial charge in [-0.2, -0.15) is 4.39 Å². The van der Waals surface area contributed by atoms with E-state index in [1.165, 1.54) is 12.1 Å². The molecule has 0 spiro atoms. The van der Waals surface area contributed by atoms with E-state index in [9.17, 15) is 18.3 Å². The van der Waals surface area contributed by atoms with Crippen molar-refractivity contribution in [1.82, 2.24) is 0 Å². The molecule has 1 aliphatic rings. The van der Waals surface area contributed by atoms with Gasteiger partial charge >= 0.3 is 0 Å². The summed E-state index contributed by atoms with van der Waals surface area (Å²) in [4.78, 5) is 0. The molecule has 0 bridgehead atoms. The number of hydrogen-bond donors (Lipinski definition) is 1. The topological polar surface area (TPSA) is 38.7 Å². The Morgan fingerprint density at radius 3 is 2.21 bits per heavy atom. The van der Waals surface area contributed by atoms with Crippen molar-refractivity contribution in [3.05, 3.63) is 88.7 Å². The maximum atomic E-state index is 14.7. The van der Waals surface area contributed by atoms with Crippen molar-refractivity contribution in [3.8, 4) is 16.9 Å². The summed E-state index contributed by atoms with van der Waals surface area (Å²) in [7, 11) is 0. The Morgan fingerprint density at radius 2 is 1.53 bits per heavy atom. The lowest BCUT2D eigenvalue weighted by Gasteiger charge is -2.26. The minimum Gasteiger partial charge on any atom is -0.486 e. The third-order valence-electron chi connectivity index (χ3n) is 6.38. The molecular formula is C28H29F3O3. The molecule has 0 amide bonds. The smallest absolute Gasteiger partial charge is 0.200 e. The van der Waals surface area contributed by atoms with Crippen molar-refractivity contribution < 1.29 is 27.8 Å². The molecule has 34 heavy (non-hydrogen) atoms. The third kappa shape index (κ3) is 5.62. The lowest BCUT2D eigenvalue weighted by atomic mass is 9.82. The van der Waals surface area contributed by atoms with Crippen LogP contribution in [0.25, 0.3) is 11.1 Å². The summed E-state index contributed by atoms with van der Waals surface area (Å²) in [6.07, 6.45) is 2.12. The van der Waals surface area contributed by atoms with Crippen molar-refractivity contribution in [2.45, 2.75) is 57.8 Å². The summed E-state index contributed by atoms with van der Waals surface area (Å²) < 4.78 is 54.7. The second kappa shape index (κ2) is 11.1. The normalized spacial score (nSPS) is 18.1. The van der Waals surface area contributed by atoms with E-state index in [2.05, 4.69) is 0 Å². The fourth-order valence-electron chi connectivity index (χ4n) is 4.40. The van der Waals surface area contributed by atoms with Gasteiger partial charge in [0.25, 0.3) is 0 Å². The number of aliphatic hydroxyl groups excluding tert-OH is 1. The number of rotatable bonds is 8. The summed E-state index contributed by atoms with van der Waals surface area (Å²) >= 11 is 0. The van der Waals surface area contributed by atoms with Crippen molar-refractivity contribution in [2.75, 3.05) is 6.61 Å². The predicted molar refractivity (Wildman–Crippen MR) is 125 cm³/mol. The summed E-state index contributed by atoms with van der Waals surface area (Å²) in [5.74, 6) is -2.43. The Morgan fingerprint density at radius 1 is 0.824 bits per heavy atom. The molecule has 0 heterocycles. The molecule has 3 nitrogen and oxygen atoms in total. The van der Waals surface area contributed by atoms with Gasteiger partial charge < -0.3 is 14.6 Å². The van der Waals surface area contributed by atoms with Crippen LogP contribution in [0.2, 0.25) is 0 Å². The first-order valence-corrected chi connectivity index (χ1v) is 11.7. The summed E-state index contributed by atoms with van der Waals surface area (Å²) in [6.45, 7) is 2.88. The standard InChI is InChI=1S/C28H29F3O3/c1-2-33-16-19-5-12-23(25(29)15-19)20-6-3-18(4-7-20)17-34-26-14-13-24(27(30)28(26)31)21-8-10-22(32)11-9-21/h3-7,12-15,21-22,32H,2,8-11,16-17H2,1H3. The van der Waals surface area contributed by atoms with E-state index in [1.807, 2.05) is 13.0 Å². The highest BCUT2D eigenvalue weighted by Gasteiger charge is 2.25. The Balaban J connectivity index is 1.40. The van der Waals surface area contributed by atoms with Crippen LogP contribution in [0.15, 0.2) is 54.6 Å². The molecule has 180 valence electrons. The van der Waals surface area contributed by atoms with E-state index in [4.69, 9.17) is 9.47 Å². The van der Waals surface area contributed by atoms with Crippen LogP contribution < -0.4 is 4.74 Å². The van der Waals surface area contributed by atoms with Crippen molar-refractivity contribution >= 4 is 0 Å². The molecule has 4 rings (SSSR count). The molecule has 1 N–H and O–H groups in total. The van der Waals surface area contributed by atoms with Crippen LogP contribution in [0, 0.1) is 17.5 Å². The van der Waals surface area contributed by atoms with Crippen LogP contribution in [-0.4, -0.2) is 17.8 Å². The first kappa shape index (κ1) is 24.3. The fourth-order valence-corrected chi connectivity index (χ4v) is 4.40. The molecule has 0 unspecified atom stereocenters. The average molecular weight is 471 g/mol. The summed E-state index contributed by atoms with van der Waals surface area (Å²) in [5, 5.41) is 9.64. The quantitative estimate of drug-likeness (QED) is 0.389. The van der Waals surface area contributed by atoms with Gasteiger partial charge in [-0.15, -0.1) is 0 Å². The van der Waals surface area contributed by atoms with Gasteiger partial charge in [-0.3, -0.25) is 0 Å². The molecule has 0 aromatic heterocycles. The molecule has 0 saturated heterocycles. The largest absolute Gasteiger partial charge is 0.486 e. The Hall–Kier alpha value is -2.83. The lowest BCUT2D eigenvalue weighted by molar-refractivity contribution is 0.122. The van der Waals surface area contributed by atoms with Crippen LogP contribution in [0.3, 0.4) is 0 Å². The zero-order valence-electron chi connectivity index (χ0n) is 19.2. The van der Waals surface area contributed by atoms with Crippen molar-refractivity contribution in [1.29, 1.82) is 0 Å². The second-order valence-electron chi connectivity index (χ2n) is 8.72. The minimum absolute atomic E-state index is 0.0569. The zero-order valence-corrected chi connectivity index (χ0v) is 19.2. The Bertz CT molecular complexity index is 1110. The molecule has 1 aliphatic carbocycles. The van der Waals surface area contributed by atoms with Crippen molar-refractivity contribution in [2.24, 2.45) is 0 Å². The molecule has 0 radical (unpaired) electrons. The first-order chi connectivity index (χ1) is 16.5. The van der Waals surface area contributed by atoms with Gasteiger partial charge in [-0.05, 0) is 72.9 Å². The summed E-state index contributed by atoms with van der Waals surface area (Å²) in [6, 6.07) is 15.2. The zero-order chi connectivity index (χ0) is 24.1. The van der Waals surface area contributed by atoms with Crippen LogP contribution in [-0.2, 0) is 18.0 Å². The number of ether oxygens (including phenoxy) is 2. The van der Waals surface area contributed by atoms with Gasteiger partial charge in [-0.1, -0.05) is 42.5 Å². The summed E-state index contributed by atoms with van der Waals surface area (Å²) in [5.41, 5.74) is 3.06. The second-order valence-corrected chi connectivity index (χ2v) is 8.72. The third-order valence-corrected chi connectivity index (χ3v) is 6.38. The van der Waals surface area contributed by atoms with E-state index in [0.717, 1.165) is 11.1 Å². The van der Waals surface area contributed by atoms with E-state index in [0.29, 0.717) is 55.6 Å². The Kier molecular flexibility index (Phi) is 7.91. The number of benzene rings is 3. The monoisotopic (exact) mass is 470 g/mol. The van der Waals surface area contributed by atoms with Crippen LogP contribution in [0.5, 0.6) is 5.75 Å². The molecule has 3 aromatic rings. The minimum atomic E-state index is -0.991. The Labute approximate surface area is 198 Å². The van der Waals surface area contributed by atoms with E-state index >= 15 is 0 Å². The number of halogens is 3. The van der Waals surface area contributed by atoms with Gasteiger partial charge in [0, 0.05) is 12.2 Å². The average Bonchev–Trinajstić information content (AvgIpc) is 2.85. The van der Waals surface area contributed by atoms with Crippen molar-refractivity contribution in [3.63, 3.8) is 0 Å². The highest BCUT2D eigenvalue weighted by atomic mass is 19.2. The first-order valence-electron chi connectivity index (χ1n) is 11.7. The van der Waals surface area contributed by atoms with Crippen LogP contribution in [0.4, 0.5) is 13.2 Å². The van der Waals surface area contributed by atoms with Gasteiger partial charge in [-0.25, -0.2) is 8.78 Å². The van der Waals surface area contributed by atoms with E-state index in [1.54, 1.807) is 36.4 Å². The molecule has 1 fully saturated rings. The van der Waals surface area contributed by atoms with Crippen LogP contribution >= 0.6 is 0 Å². The molecule has 1 saturated carbocycles. The number of aliphatic hydroxyl groups is 1. The number of hydrogen-bond acceptors (Lipinski definition) is 3. The maximum absolute atomic E-state index is 14.7. The fraction of sp³-hybridized carbons (Fsp3) is 0.357. The molecule has 0 aliphatic heterocycles. The SMILES string of the molecule is CCOCc1ccc(-c2ccc(COc3ccc(C4CCC(O)CC4)c(F)c3F)cc2)c(F)c1. The van der Waals surface area contributed by atoms with E-state index < -0.39 is 11.6 Å². The molecular weight excluding hydrogens is 441 g/mol. The highest BCUT2D eigenvalue weighted by Crippen LogP contribution is 2.36. The van der Waals surface area contributed by atoms with Gasteiger partial charge in [0.15, 0.2) is 11.6 Å². The van der Waals surface area contributed by atoms with Crippen LogP contribution in [0.1, 0.15) is 55.2 Å². The maximum Gasteiger partial charge on any atom is 0.200 e. The van der Waals surface area contributed by atoms with Gasteiger partial charge in [0.2, 0.25) is 5.82 Å². The molecule has 6 heteroatoms. The van der Waals surface area contributed by atoms with Gasteiger partial charge in [0.1, 0.15) is 12.4 Å². The predicted octanol–water partition coefficient (Wildman–Crippen LogP) is 6.90. The molecule has 3 aromatic carbocycles. The van der Waals surface area contributed by atoms with Gasteiger partial charge in [0.05, 0.1) is 12.7 Å². The van der Waals surface area contributed by atoms with E-state index in [-0.39, 0.29) is 30.2 Å².